The fourth-order valence-electron chi connectivity index (χ4n) is 2.05. The number of thiophene rings is 1. The summed E-state index contributed by atoms with van der Waals surface area (Å²) < 4.78 is 0. The van der Waals surface area contributed by atoms with E-state index in [1.54, 1.807) is 6.07 Å². The predicted octanol–water partition coefficient (Wildman–Crippen LogP) is 1.25. The van der Waals surface area contributed by atoms with Crippen LogP contribution in [0.4, 0.5) is 0 Å². The van der Waals surface area contributed by atoms with Gasteiger partial charge < -0.3 is 4.90 Å². The van der Waals surface area contributed by atoms with Crippen molar-refractivity contribution >= 4 is 23.2 Å². The number of nitrogens with one attached hydrogen (secondary N) is 1. The maximum absolute atomic E-state index is 11.8. The van der Waals surface area contributed by atoms with Crippen LogP contribution in [-0.4, -0.2) is 23.3 Å². The summed E-state index contributed by atoms with van der Waals surface area (Å²) in [6.07, 6.45) is 3.81. The summed E-state index contributed by atoms with van der Waals surface area (Å²) in [5, 5.41) is 0. The van der Waals surface area contributed by atoms with Crippen LogP contribution in [0.25, 0.3) is 0 Å². The molecule has 3 N–H and O–H groups in total. The SMILES string of the molecule is NNC(=O)c1ccc(CN2CCCCCC2=O)s1. The zero-order valence-corrected chi connectivity index (χ0v) is 11.0. The third kappa shape index (κ3) is 3.08. The van der Waals surface area contributed by atoms with Gasteiger partial charge in [0.15, 0.2) is 0 Å². The molecule has 0 spiro atoms. The van der Waals surface area contributed by atoms with Gasteiger partial charge in [-0.1, -0.05) is 6.42 Å². The number of amides is 2. The van der Waals surface area contributed by atoms with Gasteiger partial charge in [0.25, 0.3) is 5.91 Å². The van der Waals surface area contributed by atoms with Crippen LogP contribution in [0, 0.1) is 0 Å². The first-order valence-corrected chi connectivity index (χ1v) is 6.90. The number of carbonyl (C=O) groups is 2. The number of hydrogen-bond acceptors (Lipinski definition) is 4. The van der Waals surface area contributed by atoms with E-state index in [-0.39, 0.29) is 11.8 Å². The highest BCUT2D eigenvalue weighted by molar-refractivity contribution is 7.14. The van der Waals surface area contributed by atoms with Crippen molar-refractivity contribution in [1.82, 2.24) is 10.3 Å². The average Bonchev–Trinajstić information content (AvgIpc) is 2.75. The molecule has 1 saturated heterocycles. The lowest BCUT2D eigenvalue weighted by Crippen LogP contribution is -2.29. The fraction of sp³-hybridized carbons (Fsp3) is 0.500. The first-order valence-electron chi connectivity index (χ1n) is 6.08. The second-order valence-electron chi connectivity index (χ2n) is 4.37. The Morgan fingerprint density at radius 2 is 2.22 bits per heavy atom. The number of nitrogen functional groups attached to an aromatic ring is 1. The molecule has 1 aromatic heterocycles. The van der Waals surface area contributed by atoms with Crippen molar-refractivity contribution in [2.24, 2.45) is 5.84 Å². The Morgan fingerprint density at radius 3 is 3.00 bits per heavy atom. The van der Waals surface area contributed by atoms with Crippen molar-refractivity contribution in [3.8, 4) is 0 Å². The van der Waals surface area contributed by atoms with Crippen molar-refractivity contribution in [2.75, 3.05) is 6.54 Å². The van der Waals surface area contributed by atoms with Crippen molar-refractivity contribution in [1.29, 1.82) is 0 Å². The molecule has 1 aromatic rings. The van der Waals surface area contributed by atoms with E-state index in [0.717, 1.165) is 30.7 Å². The van der Waals surface area contributed by atoms with Gasteiger partial charge in [-0.15, -0.1) is 11.3 Å². The number of nitrogens with zero attached hydrogens (tertiary/aromatic N) is 1. The average molecular weight is 267 g/mol. The van der Waals surface area contributed by atoms with Gasteiger partial charge >= 0.3 is 0 Å². The van der Waals surface area contributed by atoms with Gasteiger partial charge in [0.05, 0.1) is 11.4 Å². The number of nitrogens with two attached hydrogens (primary N) is 1. The zero-order chi connectivity index (χ0) is 13.0. The molecular weight excluding hydrogens is 250 g/mol. The largest absolute Gasteiger partial charge is 0.338 e. The minimum absolute atomic E-state index is 0.214. The summed E-state index contributed by atoms with van der Waals surface area (Å²) in [7, 11) is 0. The van der Waals surface area contributed by atoms with Crippen LogP contribution in [0.5, 0.6) is 0 Å². The van der Waals surface area contributed by atoms with Crippen molar-refractivity contribution in [2.45, 2.75) is 32.2 Å². The standard InChI is InChI=1S/C12H17N3O2S/c13-14-12(17)10-6-5-9(18-10)8-15-7-3-1-2-4-11(15)16/h5-6H,1-4,7-8,13H2,(H,14,17). The Bertz CT molecular complexity index is 444. The predicted molar refractivity (Wildman–Crippen MR) is 69.9 cm³/mol. The van der Waals surface area contributed by atoms with Crippen LogP contribution < -0.4 is 11.3 Å². The molecule has 5 nitrogen and oxygen atoms in total. The molecule has 0 bridgehead atoms. The molecular formula is C12H17N3O2S. The number of hydrazine groups is 1. The second kappa shape index (κ2) is 5.97. The van der Waals surface area contributed by atoms with Gasteiger partial charge in [0, 0.05) is 17.8 Å². The molecule has 2 rings (SSSR count). The Hall–Kier alpha value is -1.40. The van der Waals surface area contributed by atoms with E-state index in [1.165, 1.54) is 11.3 Å². The molecule has 18 heavy (non-hydrogen) atoms. The smallest absolute Gasteiger partial charge is 0.275 e. The highest BCUT2D eigenvalue weighted by Crippen LogP contribution is 2.20. The first kappa shape index (κ1) is 13.0. The van der Waals surface area contributed by atoms with Gasteiger partial charge in [0.1, 0.15) is 0 Å². The fourth-order valence-corrected chi connectivity index (χ4v) is 2.98. The first-order chi connectivity index (χ1) is 8.70. The Balaban J connectivity index is 2.01. The lowest BCUT2D eigenvalue weighted by molar-refractivity contribution is -0.131. The van der Waals surface area contributed by atoms with Crippen LogP contribution in [0.2, 0.25) is 0 Å². The van der Waals surface area contributed by atoms with E-state index in [4.69, 9.17) is 5.84 Å². The maximum Gasteiger partial charge on any atom is 0.275 e. The topological polar surface area (TPSA) is 75.4 Å². The molecule has 0 saturated carbocycles. The van der Waals surface area contributed by atoms with Crippen LogP contribution in [0.15, 0.2) is 12.1 Å². The number of hydrogen-bond donors (Lipinski definition) is 2. The molecule has 2 heterocycles. The van der Waals surface area contributed by atoms with Crippen LogP contribution in [0.1, 0.15) is 40.2 Å². The molecule has 1 aliphatic heterocycles. The van der Waals surface area contributed by atoms with E-state index in [9.17, 15) is 9.59 Å². The second-order valence-corrected chi connectivity index (χ2v) is 5.53. The molecule has 1 fully saturated rings. The van der Waals surface area contributed by atoms with E-state index < -0.39 is 0 Å². The molecule has 0 atom stereocenters. The van der Waals surface area contributed by atoms with Gasteiger partial charge in [-0.25, -0.2) is 5.84 Å². The summed E-state index contributed by atoms with van der Waals surface area (Å²) in [5.74, 6) is 5.01. The van der Waals surface area contributed by atoms with E-state index >= 15 is 0 Å². The third-order valence-corrected chi connectivity index (χ3v) is 4.10. The Morgan fingerprint density at radius 1 is 1.39 bits per heavy atom. The molecule has 0 aliphatic carbocycles. The Labute approximate surface area is 110 Å². The van der Waals surface area contributed by atoms with Gasteiger partial charge in [-0.3, -0.25) is 15.0 Å². The van der Waals surface area contributed by atoms with Gasteiger partial charge in [-0.2, -0.15) is 0 Å². The molecule has 6 heteroatoms. The molecule has 0 unspecified atom stereocenters. The van der Waals surface area contributed by atoms with E-state index in [0.29, 0.717) is 17.8 Å². The quantitative estimate of drug-likeness (QED) is 0.492. The summed E-state index contributed by atoms with van der Waals surface area (Å²) in [6, 6.07) is 3.62. The monoisotopic (exact) mass is 267 g/mol. The molecule has 98 valence electrons. The number of rotatable bonds is 3. The van der Waals surface area contributed by atoms with Crippen LogP contribution >= 0.6 is 11.3 Å². The lowest BCUT2D eigenvalue weighted by Gasteiger charge is -2.19. The minimum Gasteiger partial charge on any atom is -0.338 e. The maximum atomic E-state index is 11.8. The number of carbonyl (C=O) groups excluding carboxylic acids is 2. The van der Waals surface area contributed by atoms with Crippen molar-refractivity contribution in [3.63, 3.8) is 0 Å². The Kier molecular flexibility index (Phi) is 4.33. The number of likely N-dealkylation sites (tertiary alicyclic amines) is 1. The lowest BCUT2D eigenvalue weighted by atomic mass is 10.2. The summed E-state index contributed by atoms with van der Waals surface area (Å²) in [6.45, 7) is 1.41. The third-order valence-electron chi connectivity index (χ3n) is 3.03. The zero-order valence-electron chi connectivity index (χ0n) is 10.1. The van der Waals surface area contributed by atoms with E-state index in [2.05, 4.69) is 5.43 Å². The van der Waals surface area contributed by atoms with Crippen molar-refractivity contribution in [3.05, 3.63) is 21.9 Å². The summed E-state index contributed by atoms with van der Waals surface area (Å²) in [5.41, 5.74) is 2.11. The van der Waals surface area contributed by atoms with Crippen LogP contribution in [0.3, 0.4) is 0 Å². The molecule has 2 amide bonds. The van der Waals surface area contributed by atoms with Crippen LogP contribution in [-0.2, 0) is 11.3 Å². The highest BCUT2D eigenvalue weighted by Gasteiger charge is 2.18. The summed E-state index contributed by atoms with van der Waals surface area (Å²) >= 11 is 1.38. The highest BCUT2D eigenvalue weighted by atomic mass is 32.1. The minimum atomic E-state index is -0.284. The van der Waals surface area contributed by atoms with Crippen molar-refractivity contribution < 1.29 is 9.59 Å². The van der Waals surface area contributed by atoms with Gasteiger partial charge in [-0.05, 0) is 25.0 Å². The van der Waals surface area contributed by atoms with E-state index in [1.807, 2.05) is 11.0 Å². The summed E-state index contributed by atoms with van der Waals surface area (Å²) in [4.78, 5) is 26.7. The molecule has 0 radical (unpaired) electrons. The van der Waals surface area contributed by atoms with Gasteiger partial charge in [0.2, 0.25) is 5.91 Å². The molecule has 0 aromatic carbocycles. The normalized spacial score (nSPS) is 16.5. The molecule has 1 aliphatic rings.